The highest BCUT2D eigenvalue weighted by Crippen LogP contribution is 2.15. The van der Waals surface area contributed by atoms with Crippen molar-refractivity contribution in [1.82, 2.24) is 25.4 Å². The summed E-state index contributed by atoms with van der Waals surface area (Å²) in [4.78, 5) is 28.9. The molecule has 26 heavy (non-hydrogen) atoms. The lowest BCUT2D eigenvalue weighted by atomic mass is 10.1. The summed E-state index contributed by atoms with van der Waals surface area (Å²) in [6.07, 6.45) is 3.10. The lowest BCUT2D eigenvalue weighted by Crippen LogP contribution is -2.45. The molecular formula is C18H19N5O2S. The zero-order valence-electron chi connectivity index (χ0n) is 14.4. The van der Waals surface area contributed by atoms with Crippen molar-refractivity contribution in [2.24, 2.45) is 0 Å². The predicted molar refractivity (Wildman–Crippen MR) is 99.2 cm³/mol. The average molecular weight is 369 g/mol. The first-order chi connectivity index (χ1) is 12.5. The van der Waals surface area contributed by atoms with Gasteiger partial charge in [-0.3, -0.25) is 9.59 Å². The molecule has 0 aliphatic carbocycles. The van der Waals surface area contributed by atoms with Crippen molar-refractivity contribution in [1.29, 1.82) is 0 Å². The van der Waals surface area contributed by atoms with Crippen LogP contribution in [0.2, 0.25) is 0 Å². The summed E-state index contributed by atoms with van der Waals surface area (Å²) < 4.78 is 1.66. The normalized spacial score (nSPS) is 13.0. The van der Waals surface area contributed by atoms with Gasteiger partial charge >= 0.3 is 0 Å². The molecule has 8 heteroatoms. The Morgan fingerprint density at radius 3 is 2.50 bits per heavy atom. The van der Waals surface area contributed by atoms with E-state index >= 15 is 0 Å². The summed E-state index contributed by atoms with van der Waals surface area (Å²) in [5.74, 6) is -0.477. The molecule has 2 heterocycles. The molecule has 0 radical (unpaired) electrons. The monoisotopic (exact) mass is 369 g/mol. The van der Waals surface area contributed by atoms with E-state index < -0.39 is 6.04 Å². The van der Waals surface area contributed by atoms with Gasteiger partial charge in [0.1, 0.15) is 18.7 Å². The molecule has 3 aromatic rings. The second-order valence-electron chi connectivity index (χ2n) is 5.83. The van der Waals surface area contributed by atoms with E-state index in [1.807, 2.05) is 36.6 Å². The van der Waals surface area contributed by atoms with Gasteiger partial charge in [0.2, 0.25) is 5.91 Å². The first-order valence-corrected chi connectivity index (χ1v) is 9.02. The van der Waals surface area contributed by atoms with Crippen LogP contribution in [0, 0.1) is 0 Å². The van der Waals surface area contributed by atoms with Crippen molar-refractivity contribution < 1.29 is 9.59 Å². The third kappa shape index (κ3) is 4.15. The maximum absolute atomic E-state index is 12.3. The van der Waals surface area contributed by atoms with E-state index in [0.717, 1.165) is 11.3 Å². The number of aromatic nitrogens is 3. The maximum atomic E-state index is 12.3. The van der Waals surface area contributed by atoms with Crippen molar-refractivity contribution in [2.45, 2.75) is 25.9 Å². The molecule has 0 aliphatic heterocycles. The van der Waals surface area contributed by atoms with Crippen LogP contribution in [0.5, 0.6) is 0 Å². The van der Waals surface area contributed by atoms with E-state index in [1.54, 1.807) is 30.1 Å². The number of carbonyl (C=O) groups is 2. The summed E-state index contributed by atoms with van der Waals surface area (Å²) in [6.45, 7) is 3.57. The number of benzene rings is 1. The van der Waals surface area contributed by atoms with E-state index in [0.29, 0.717) is 4.88 Å². The highest BCUT2D eigenvalue weighted by Gasteiger charge is 2.19. The molecule has 134 valence electrons. The zero-order valence-corrected chi connectivity index (χ0v) is 15.2. The summed E-state index contributed by atoms with van der Waals surface area (Å²) in [5, 5.41) is 11.5. The first kappa shape index (κ1) is 17.8. The molecule has 0 bridgehead atoms. The molecule has 2 N–H and O–H groups in total. The summed E-state index contributed by atoms with van der Waals surface area (Å²) in [7, 11) is 0. The second-order valence-corrected chi connectivity index (χ2v) is 6.78. The molecule has 2 unspecified atom stereocenters. The van der Waals surface area contributed by atoms with Crippen molar-refractivity contribution in [3.8, 4) is 5.69 Å². The molecule has 1 aromatic carbocycles. The van der Waals surface area contributed by atoms with Crippen LogP contribution < -0.4 is 10.6 Å². The molecular weight excluding hydrogens is 350 g/mol. The third-order valence-corrected chi connectivity index (χ3v) is 4.79. The highest BCUT2D eigenvalue weighted by molar-refractivity contribution is 7.12. The summed E-state index contributed by atoms with van der Waals surface area (Å²) in [5.41, 5.74) is 1.85. The minimum absolute atomic E-state index is 0.187. The van der Waals surface area contributed by atoms with Crippen LogP contribution in [0.15, 0.2) is 54.4 Å². The zero-order chi connectivity index (χ0) is 18.5. The van der Waals surface area contributed by atoms with Crippen LogP contribution in [0.3, 0.4) is 0 Å². The molecule has 0 saturated carbocycles. The smallest absolute Gasteiger partial charge is 0.261 e. The van der Waals surface area contributed by atoms with Gasteiger partial charge in [0.25, 0.3) is 5.91 Å². The van der Waals surface area contributed by atoms with Gasteiger partial charge in [0, 0.05) is 0 Å². The predicted octanol–water partition coefficient (Wildman–Crippen LogP) is 2.32. The fourth-order valence-corrected chi connectivity index (χ4v) is 3.05. The van der Waals surface area contributed by atoms with Crippen LogP contribution >= 0.6 is 11.3 Å². The Morgan fingerprint density at radius 1 is 1.12 bits per heavy atom. The number of carbonyl (C=O) groups excluding carboxylic acids is 2. The van der Waals surface area contributed by atoms with Gasteiger partial charge in [-0.25, -0.2) is 9.67 Å². The Bertz CT molecular complexity index is 860. The van der Waals surface area contributed by atoms with E-state index in [4.69, 9.17) is 0 Å². The number of rotatable bonds is 6. The minimum Gasteiger partial charge on any atom is -0.348 e. The molecule has 3 rings (SSSR count). The lowest BCUT2D eigenvalue weighted by Gasteiger charge is -2.19. The first-order valence-electron chi connectivity index (χ1n) is 8.14. The number of nitrogens with zero attached hydrogens (tertiary/aromatic N) is 3. The van der Waals surface area contributed by atoms with Crippen LogP contribution in [0.25, 0.3) is 5.69 Å². The van der Waals surface area contributed by atoms with Crippen molar-refractivity contribution >= 4 is 23.2 Å². The largest absolute Gasteiger partial charge is 0.348 e. The van der Waals surface area contributed by atoms with Gasteiger partial charge in [-0.15, -0.1) is 11.3 Å². The van der Waals surface area contributed by atoms with Gasteiger partial charge < -0.3 is 10.6 Å². The fraction of sp³-hybridized carbons (Fsp3) is 0.222. The molecule has 2 aromatic heterocycles. The Labute approximate surface area is 155 Å². The molecule has 0 aliphatic rings. The number of thiophene rings is 1. The second kappa shape index (κ2) is 7.92. The SMILES string of the molecule is CC(NC(=O)c1cccs1)C(=O)NC(C)c1ccc(-n2cncn2)cc1. The van der Waals surface area contributed by atoms with E-state index in [1.165, 1.54) is 17.7 Å². The van der Waals surface area contributed by atoms with Gasteiger partial charge in [-0.1, -0.05) is 18.2 Å². The van der Waals surface area contributed by atoms with Crippen molar-refractivity contribution in [3.05, 3.63) is 64.9 Å². The summed E-state index contributed by atoms with van der Waals surface area (Å²) in [6, 6.07) is 10.4. The lowest BCUT2D eigenvalue weighted by molar-refractivity contribution is -0.123. The number of hydrogen-bond acceptors (Lipinski definition) is 5. The quantitative estimate of drug-likeness (QED) is 0.698. The Kier molecular flexibility index (Phi) is 5.43. The van der Waals surface area contributed by atoms with Gasteiger partial charge in [-0.05, 0) is 43.0 Å². The molecule has 2 atom stereocenters. The van der Waals surface area contributed by atoms with E-state index in [-0.39, 0.29) is 17.9 Å². The molecule has 0 spiro atoms. The van der Waals surface area contributed by atoms with Crippen LogP contribution in [-0.4, -0.2) is 32.6 Å². The fourth-order valence-electron chi connectivity index (χ4n) is 2.42. The maximum Gasteiger partial charge on any atom is 0.261 e. The topological polar surface area (TPSA) is 88.9 Å². The van der Waals surface area contributed by atoms with Crippen molar-refractivity contribution in [2.75, 3.05) is 0 Å². The number of hydrogen-bond donors (Lipinski definition) is 2. The molecule has 0 fully saturated rings. The molecule has 2 amide bonds. The Balaban J connectivity index is 1.57. The standard InChI is InChI=1S/C18H19N5O2S/c1-12(14-5-7-15(8-6-14)23-11-19-10-20-23)21-17(24)13(2)22-18(25)16-4-3-9-26-16/h3-13H,1-2H3,(H,21,24)(H,22,25). The minimum atomic E-state index is -0.624. The molecule has 0 saturated heterocycles. The van der Waals surface area contributed by atoms with Gasteiger partial charge in [-0.2, -0.15) is 5.10 Å². The Hall–Kier alpha value is -3.00. The number of nitrogens with one attached hydrogen (secondary N) is 2. The number of amides is 2. The van der Waals surface area contributed by atoms with Gasteiger partial charge in [0.05, 0.1) is 16.6 Å². The van der Waals surface area contributed by atoms with Crippen LogP contribution in [0.4, 0.5) is 0 Å². The van der Waals surface area contributed by atoms with Gasteiger partial charge in [0.15, 0.2) is 0 Å². The summed E-state index contributed by atoms with van der Waals surface area (Å²) >= 11 is 1.34. The van der Waals surface area contributed by atoms with Crippen molar-refractivity contribution in [3.63, 3.8) is 0 Å². The van der Waals surface area contributed by atoms with Crippen LogP contribution in [-0.2, 0) is 4.79 Å². The third-order valence-electron chi connectivity index (χ3n) is 3.92. The molecule has 7 nitrogen and oxygen atoms in total. The average Bonchev–Trinajstić information content (AvgIpc) is 3.35. The van der Waals surface area contributed by atoms with E-state index in [2.05, 4.69) is 20.7 Å². The van der Waals surface area contributed by atoms with E-state index in [9.17, 15) is 9.59 Å². The highest BCUT2D eigenvalue weighted by atomic mass is 32.1. The Morgan fingerprint density at radius 2 is 1.88 bits per heavy atom. The van der Waals surface area contributed by atoms with Crippen LogP contribution in [0.1, 0.15) is 35.1 Å².